The van der Waals surface area contributed by atoms with Crippen molar-refractivity contribution in [1.29, 1.82) is 0 Å². The molecule has 1 atom stereocenters. The van der Waals surface area contributed by atoms with Gasteiger partial charge >= 0.3 is 0 Å². The summed E-state index contributed by atoms with van der Waals surface area (Å²) in [6.07, 6.45) is 5.34. The molecule has 1 saturated carbocycles. The molecule has 1 aliphatic rings. The van der Waals surface area contributed by atoms with Crippen molar-refractivity contribution in [2.45, 2.75) is 44.3 Å². The van der Waals surface area contributed by atoms with E-state index in [1.807, 2.05) is 0 Å². The van der Waals surface area contributed by atoms with E-state index in [1.54, 1.807) is 36.4 Å². The predicted octanol–water partition coefficient (Wildman–Crippen LogP) is 3.51. The third-order valence-electron chi connectivity index (χ3n) is 5.77. The number of nitrogen functional groups attached to an aromatic ring is 1. The summed E-state index contributed by atoms with van der Waals surface area (Å²) in [6.45, 7) is -0.0134. The largest absolute Gasteiger partial charge is 0.467 e. The molecule has 1 fully saturated rings. The number of hydrogen-bond donors (Lipinski definition) is 3. The number of aromatic nitrogens is 1. The normalized spacial score (nSPS) is 14.6. The zero-order valence-corrected chi connectivity index (χ0v) is 19.8. The van der Waals surface area contributed by atoms with Crippen molar-refractivity contribution in [3.8, 4) is 0 Å². The second-order valence-corrected chi connectivity index (χ2v) is 9.30. The number of nitrogens with two attached hydrogens (primary N) is 2. The molecule has 3 amide bonds. The first-order valence-corrected chi connectivity index (χ1v) is 11.9. The Kier molecular flexibility index (Phi) is 7.18. The third-order valence-corrected chi connectivity index (χ3v) is 6.87. The molecular formula is C23H24ClN5O4S. The molecule has 0 radical (unpaired) electrons. The van der Waals surface area contributed by atoms with Crippen LogP contribution < -0.4 is 16.8 Å². The molecule has 178 valence electrons. The summed E-state index contributed by atoms with van der Waals surface area (Å²) in [6, 6.07) is 9.16. The zero-order valence-electron chi connectivity index (χ0n) is 18.2. The quantitative estimate of drug-likeness (QED) is 0.430. The minimum Gasteiger partial charge on any atom is -0.467 e. The second-order valence-electron chi connectivity index (χ2n) is 8.09. The van der Waals surface area contributed by atoms with Crippen molar-refractivity contribution in [3.05, 3.63) is 69.6 Å². The van der Waals surface area contributed by atoms with Gasteiger partial charge in [-0.2, -0.15) is 4.37 Å². The molecule has 2 heterocycles. The van der Waals surface area contributed by atoms with E-state index in [0.29, 0.717) is 16.3 Å². The van der Waals surface area contributed by atoms with E-state index >= 15 is 0 Å². The molecule has 0 aliphatic heterocycles. The van der Waals surface area contributed by atoms with Gasteiger partial charge in [-0.1, -0.05) is 36.6 Å². The van der Waals surface area contributed by atoms with Gasteiger partial charge in [-0.3, -0.25) is 14.4 Å². The number of primary amides is 1. The molecule has 2 aromatic heterocycles. The van der Waals surface area contributed by atoms with Gasteiger partial charge in [0.05, 0.1) is 18.5 Å². The van der Waals surface area contributed by atoms with Crippen LogP contribution in [0.15, 0.2) is 47.1 Å². The minimum atomic E-state index is -1.01. The van der Waals surface area contributed by atoms with Crippen molar-refractivity contribution >= 4 is 46.5 Å². The Morgan fingerprint density at radius 2 is 1.91 bits per heavy atom. The van der Waals surface area contributed by atoms with E-state index in [4.69, 9.17) is 27.5 Å². The highest BCUT2D eigenvalue weighted by Crippen LogP contribution is 2.31. The molecule has 1 aliphatic carbocycles. The number of nitrogens with one attached hydrogen (secondary N) is 1. The number of carbonyl (C=O) groups excluding carboxylic acids is 3. The SMILES string of the molecule is NC(=O)c1nsc(C(=O)N(Cc2ccco2)[C@H](C(=O)NC2CCCC2)c2ccc(Cl)cc2)c1N. The van der Waals surface area contributed by atoms with Gasteiger partial charge in [-0.15, -0.1) is 0 Å². The lowest BCUT2D eigenvalue weighted by atomic mass is 10.0. The number of nitrogens with zero attached hydrogens (tertiary/aromatic N) is 2. The number of halogens is 1. The maximum atomic E-state index is 13.8. The van der Waals surface area contributed by atoms with Crippen LogP contribution in [0.4, 0.5) is 5.69 Å². The molecule has 3 aromatic rings. The summed E-state index contributed by atoms with van der Waals surface area (Å²) < 4.78 is 9.42. The van der Waals surface area contributed by atoms with E-state index in [1.165, 1.54) is 11.2 Å². The van der Waals surface area contributed by atoms with E-state index < -0.39 is 17.9 Å². The number of amides is 3. The third kappa shape index (κ3) is 5.07. The summed E-state index contributed by atoms with van der Waals surface area (Å²) in [7, 11) is 0. The molecule has 1 aromatic carbocycles. The van der Waals surface area contributed by atoms with Crippen LogP contribution in [0.2, 0.25) is 5.02 Å². The number of hydrogen-bond acceptors (Lipinski definition) is 7. The number of rotatable bonds is 8. The number of carbonyl (C=O) groups is 3. The van der Waals surface area contributed by atoms with Gasteiger partial charge in [0, 0.05) is 11.1 Å². The fourth-order valence-electron chi connectivity index (χ4n) is 4.08. The average molecular weight is 502 g/mol. The molecule has 0 saturated heterocycles. The predicted molar refractivity (Wildman–Crippen MR) is 128 cm³/mol. The lowest BCUT2D eigenvalue weighted by Gasteiger charge is -2.31. The number of anilines is 1. The fraction of sp³-hybridized carbons (Fsp3) is 0.304. The van der Waals surface area contributed by atoms with Gasteiger partial charge in [0.2, 0.25) is 5.91 Å². The highest BCUT2D eigenvalue weighted by molar-refractivity contribution is 7.09. The van der Waals surface area contributed by atoms with Crippen LogP contribution in [0.5, 0.6) is 0 Å². The lowest BCUT2D eigenvalue weighted by Crippen LogP contribution is -2.45. The fourth-order valence-corrected chi connectivity index (χ4v) is 4.97. The molecule has 11 heteroatoms. The van der Waals surface area contributed by atoms with Crippen molar-refractivity contribution in [2.75, 3.05) is 5.73 Å². The Morgan fingerprint density at radius 3 is 2.50 bits per heavy atom. The van der Waals surface area contributed by atoms with Crippen molar-refractivity contribution in [1.82, 2.24) is 14.6 Å². The summed E-state index contributed by atoms with van der Waals surface area (Å²) in [5, 5.41) is 3.58. The van der Waals surface area contributed by atoms with Gasteiger partial charge in [0.15, 0.2) is 5.69 Å². The average Bonchev–Trinajstić information content (AvgIpc) is 3.57. The maximum Gasteiger partial charge on any atom is 0.270 e. The van der Waals surface area contributed by atoms with Gasteiger partial charge < -0.3 is 26.1 Å². The monoisotopic (exact) mass is 501 g/mol. The van der Waals surface area contributed by atoms with Crippen LogP contribution in [-0.2, 0) is 11.3 Å². The lowest BCUT2D eigenvalue weighted by molar-refractivity contribution is -0.126. The molecule has 9 nitrogen and oxygen atoms in total. The molecule has 5 N–H and O–H groups in total. The minimum absolute atomic E-state index is 0.0134. The molecule has 0 spiro atoms. The van der Waals surface area contributed by atoms with Crippen LogP contribution in [0.3, 0.4) is 0 Å². The smallest absolute Gasteiger partial charge is 0.270 e. The molecule has 0 bridgehead atoms. The van der Waals surface area contributed by atoms with Gasteiger partial charge in [-0.05, 0) is 54.2 Å². The van der Waals surface area contributed by atoms with E-state index in [2.05, 4.69) is 9.69 Å². The standard InChI is InChI=1S/C23H24ClN5O4S/c24-14-9-7-13(8-10-14)19(22(31)27-15-4-1-2-5-15)29(12-16-6-3-11-33-16)23(32)20-17(25)18(21(26)30)28-34-20/h3,6-11,15,19H,1-2,4-5,12,25H2,(H2,26,30)(H,27,31)/t19-/m0/s1. The van der Waals surface area contributed by atoms with E-state index in [0.717, 1.165) is 37.2 Å². The van der Waals surface area contributed by atoms with Gasteiger partial charge in [0.25, 0.3) is 11.8 Å². The maximum absolute atomic E-state index is 13.8. The summed E-state index contributed by atoms with van der Waals surface area (Å²) >= 11 is 6.84. The van der Waals surface area contributed by atoms with E-state index in [9.17, 15) is 14.4 Å². The Hall–Kier alpha value is -3.37. The second kappa shape index (κ2) is 10.3. The highest BCUT2D eigenvalue weighted by atomic mass is 35.5. The Morgan fingerprint density at radius 1 is 1.21 bits per heavy atom. The first-order valence-electron chi connectivity index (χ1n) is 10.8. The van der Waals surface area contributed by atoms with Gasteiger partial charge in [-0.25, -0.2) is 0 Å². The molecule has 34 heavy (non-hydrogen) atoms. The first kappa shape index (κ1) is 23.8. The molecule has 0 unspecified atom stereocenters. The Labute approximate surface area is 205 Å². The van der Waals surface area contributed by atoms with E-state index in [-0.39, 0.29) is 34.8 Å². The topological polar surface area (TPSA) is 145 Å². The number of furan rings is 1. The van der Waals surface area contributed by atoms with Crippen LogP contribution >= 0.6 is 23.1 Å². The Bertz CT molecular complexity index is 1170. The number of benzene rings is 1. The summed E-state index contributed by atoms with van der Waals surface area (Å²) in [4.78, 5) is 40.4. The first-order chi connectivity index (χ1) is 16.3. The van der Waals surface area contributed by atoms with Crippen molar-refractivity contribution in [2.24, 2.45) is 5.73 Å². The van der Waals surface area contributed by atoms with Crippen LogP contribution in [0, 0.1) is 0 Å². The van der Waals surface area contributed by atoms with Crippen LogP contribution in [0.25, 0.3) is 0 Å². The molecular weight excluding hydrogens is 478 g/mol. The highest BCUT2D eigenvalue weighted by Gasteiger charge is 2.36. The zero-order chi connectivity index (χ0) is 24.2. The van der Waals surface area contributed by atoms with Crippen LogP contribution in [-0.4, -0.2) is 33.0 Å². The molecule has 4 rings (SSSR count). The summed E-state index contributed by atoms with van der Waals surface area (Å²) in [5.74, 6) is -1.26. The van der Waals surface area contributed by atoms with Crippen LogP contribution in [0.1, 0.15) is 63.2 Å². The van der Waals surface area contributed by atoms with Gasteiger partial charge in [0.1, 0.15) is 16.7 Å². The van der Waals surface area contributed by atoms with Crippen molar-refractivity contribution < 1.29 is 18.8 Å². The summed E-state index contributed by atoms with van der Waals surface area (Å²) in [5.41, 5.74) is 11.6. The van der Waals surface area contributed by atoms with Crippen molar-refractivity contribution in [3.63, 3.8) is 0 Å². The Balaban J connectivity index is 1.76.